The van der Waals surface area contributed by atoms with E-state index in [-0.39, 0.29) is 12.7 Å². The van der Waals surface area contributed by atoms with Gasteiger partial charge in [-0.2, -0.15) is 0 Å². The topological polar surface area (TPSA) is 41.9 Å². The highest BCUT2D eigenvalue weighted by Crippen LogP contribution is 2.26. The Kier molecular flexibility index (Phi) is 5.38. The number of nitrogens with zero attached hydrogens (tertiary/aromatic N) is 1. The Morgan fingerprint density at radius 3 is 2.33 bits per heavy atom. The molecule has 0 amide bonds. The summed E-state index contributed by atoms with van der Waals surface area (Å²) in [5, 5.41) is 8.76. The molecule has 0 radical (unpaired) electrons. The molecular weight excluding hydrogens is 302 g/mol. The van der Waals surface area contributed by atoms with Gasteiger partial charge in [0.25, 0.3) is 0 Å². The van der Waals surface area contributed by atoms with E-state index in [1.165, 1.54) is 16.7 Å². The monoisotopic (exact) mass is 327 g/mol. The summed E-state index contributed by atoms with van der Waals surface area (Å²) in [6.07, 6.45) is 0.275. The highest BCUT2D eigenvalue weighted by molar-refractivity contribution is 5.40. The maximum absolute atomic E-state index is 8.76. The van der Waals surface area contributed by atoms with Gasteiger partial charge in [0.2, 0.25) is 0 Å². The van der Waals surface area contributed by atoms with Crippen molar-refractivity contribution in [2.75, 3.05) is 26.3 Å². The largest absolute Gasteiger partial charge is 0.491 e. The van der Waals surface area contributed by atoms with Gasteiger partial charge in [0.05, 0.1) is 6.61 Å². The predicted octanol–water partition coefficient (Wildman–Crippen LogP) is 2.94. The second kappa shape index (κ2) is 7.69. The lowest BCUT2D eigenvalue weighted by atomic mass is 10.1. The number of likely N-dealkylation sites (tertiary alicyclic amines) is 1. The van der Waals surface area contributed by atoms with Gasteiger partial charge in [-0.25, -0.2) is 0 Å². The molecule has 0 bridgehead atoms. The third-order valence-electron chi connectivity index (χ3n) is 4.31. The number of para-hydroxylation sites is 1. The Bertz CT molecular complexity index is 643. The van der Waals surface area contributed by atoms with Gasteiger partial charge in [-0.1, -0.05) is 30.3 Å². The van der Waals surface area contributed by atoms with Crippen molar-refractivity contribution < 1.29 is 14.6 Å². The Labute approximate surface area is 143 Å². The summed E-state index contributed by atoms with van der Waals surface area (Å²) in [4.78, 5) is 2.38. The van der Waals surface area contributed by atoms with Gasteiger partial charge in [0, 0.05) is 19.6 Å². The van der Waals surface area contributed by atoms with E-state index in [0.717, 1.165) is 31.1 Å². The lowest BCUT2D eigenvalue weighted by molar-refractivity contribution is 0.0137. The average Bonchev–Trinajstić information content (AvgIpc) is 2.55. The molecule has 4 heteroatoms. The average molecular weight is 327 g/mol. The first-order valence-electron chi connectivity index (χ1n) is 8.43. The molecule has 0 aliphatic carbocycles. The highest BCUT2D eigenvalue weighted by atomic mass is 16.5. The number of rotatable bonds is 7. The second-order valence-corrected chi connectivity index (χ2v) is 6.37. The summed E-state index contributed by atoms with van der Waals surface area (Å²) in [5.74, 6) is 1.83. The minimum absolute atomic E-state index is 0.0390. The Balaban J connectivity index is 1.47. The van der Waals surface area contributed by atoms with Gasteiger partial charge < -0.3 is 14.6 Å². The van der Waals surface area contributed by atoms with Crippen molar-refractivity contribution in [2.45, 2.75) is 26.5 Å². The molecule has 1 N–H and O–H groups in total. The molecule has 0 spiro atoms. The van der Waals surface area contributed by atoms with E-state index in [2.05, 4.69) is 49.1 Å². The van der Waals surface area contributed by atoms with E-state index in [9.17, 15) is 0 Å². The van der Waals surface area contributed by atoms with Crippen LogP contribution in [0.5, 0.6) is 11.5 Å². The minimum atomic E-state index is 0.0390. The van der Waals surface area contributed by atoms with Crippen molar-refractivity contribution in [1.82, 2.24) is 4.90 Å². The van der Waals surface area contributed by atoms with Crippen LogP contribution in [0.2, 0.25) is 0 Å². The van der Waals surface area contributed by atoms with Crippen LogP contribution in [0.15, 0.2) is 42.5 Å². The first-order valence-corrected chi connectivity index (χ1v) is 8.43. The maximum atomic E-state index is 8.76. The van der Waals surface area contributed by atoms with Crippen LogP contribution in [-0.4, -0.2) is 42.4 Å². The molecule has 1 saturated heterocycles. The van der Waals surface area contributed by atoms with Crippen LogP contribution in [0, 0.1) is 13.8 Å². The van der Waals surface area contributed by atoms with Gasteiger partial charge in [-0.3, -0.25) is 4.90 Å². The molecule has 1 aliphatic rings. The van der Waals surface area contributed by atoms with Crippen molar-refractivity contribution in [2.24, 2.45) is 0 Å². The van der Waals surface area contributed by atoms with Crippen LogP contribution in [0.25, 0.3) is 0 Å². The molecular formula is C20H25NO3. The van der Waals surface area contributed by atoms with Crippen LogP contribution in [0.3, 0.4) is 0 Å². The molecule has 4 nitrogen and oxygen atoms in total. The number of hydrogen-bond donors (Lipinski definition) is 1. The third kappa shape index (κ3) is 4.08. The highest BCUT2D eigenvalue weighted by Gasteiger charge is 2.29. The van der Waals surface area contributed by atoms with E-state index in [4.69, 9.17) is 14.6 Å². The number of aliphatic hydroxyl groups excluding tert-OH is 1. The van der Waals surface area contributed by atoms with Crippen LogP contribution < -0.4 is 9.47 Å². The second-order valence-electron chi connectivity index (χ2n) is 6.37. The van der Waals surface area contributed by atoms with Crippen LogP contribution >= 0.6 is 0 Å². The van der Waals surface area contributed by atoms with Crippen LogP contribution in [-0.2, 0) is 6.54 Å². The molecule has 0 atom stereocenters. The lowest BCUT2D eigenvalue weighted by Gasteiger charge is -2.39. The molecule has 1 fully saturated rings. The zero-order chi connectivity index (χ0) is 16.9. The maximum Gasteiger partial charge on any atom is 0.125 e. The minimum Gasteiger partial charge on any atom is -0.491 e. The molecule has 0 aromatic heterocycles. The summed E-state index contributed by atoms with van der Waals surface area (Å²) < 4.78 is 11.5. The SMILES string of the molecule is Cc1cccc(C)c1OC1CN(Cc2ccc(OCCO)cc2)C1. The molecule has 0 saturated carbocycles. The van der Waals surface area contributed by atoms with Gasteiger partial charge in [0.1, 0.15) is 24.2 Å². The molecule has 2 aromatic carbocycles. The quantitative estimate of drug-likeness (QED) is 0.849. The molecule has 3 rings (SSSR count). The van der Waals surface area contributed by atoms with E-state index in [1.54, 1.807) is 0 Å². The number of hydrogen-bond acceptors (Lipinski definition) is 4. The molecule has 24 heavy (non-hydrogen) atoms. The number of ether oxygens (including phenoxy) is 2. The number of benzene rings is 2. The summed E-state index contributed by atoms with van der Waals surface area (Å²) in [5.41, 5.74) is 3.66. The van der Waals surface area contributed by atoms with E-state index in [0.29, 0.717) is 6.61 Å². The summed E-state index contributed by atoms with van der Waals surface area (Å²) in [6.45, 7) is 7.40. The van der Waals surface area contributed by atoms with Gasteiger partial charge in [-0.15, -0.1) is 0 Å². The predicted molar refractivity (Wildman–Crippen MR) is 94.6 cm³/mol. The van der Waals surface area contributed by atoms with Crippen LogP contribution in [0.4, 0.5) is 0 Å². The molecule has 128 valence electrons. The smallest absolute Gasteiger partial charge is 0.125 e. The van der Waals surface area contributed by atoms with Crippen molar-refractivity contribution in [1.29, 1.82) is 0 Å². The number of aryl methyl sites for hydroxylation is 2. The third-order valence-corrected chi connectivity index (χ3v) is 4.31. The van der Waals surface area contributed by atoms with Crippen molar-refractivity contribution >= 4 is 0 Å². The normalized spacial score (nSPS) is 15.1. The Hall–Kier alpha value is -2.04. The van der Waals surface area contributed by atoms with Crippen molar-refractivity contribution in [3.05, 3.63) is 59.2 Å². The Morgan fingerprint density at radius 2 is 1.71 bits per heavy atom. The first kappa shape index (κ1) is 16.8. The fraction of sp³-hybridized carbons (Fsp3) is 0.400. The molecule has 1 aliphatic heterocycles. The summed E-state index contributed by atoms with van der Waals surface area (Å²) in [7, 11) is 0. The van der Waals surface area contributed by atoms with Crippen LogP contribution in [0.1, 0.15) is 16.7 Å². The summed E-state index contributed by atoms with van der Waals surface area (Å²) in [6, 6.07) is 14.3. The lowest BCUT2D eigenvalue weighted by Crippen LogP contribution is -2.53. The fourth-order valence-electron chi connectivity index (χ4n) is 2.99. The van der Waals surface area contributed by atoms with Crippen molar-refractivity contribution in [3.63, 3.8) is 0 Å². The molecule has 1 heterocycles. The van der Waals surface area contributed by atoms with Gasteiger partial charge in [-0.05, 0) is 42.7 Å². The summed E-state index contributed by atoms with van der Waals surface area (Å²) >= 11 is 0. The standard InChI is InChI=1S/C20H25NO3/c1-15-4-3-5-16(2)20(15)24-19-13-21(14-19)12-17-6-8-18(9-7-17)23-11-10-22/h3-9,19,22H,10-14H2,1-2H3. The van der Waals surface area contributed by atoms with Crippen molar-refractivity contribution in [3.8, 4) is 11.5 Å². The fourth-order valence-corrected chi connectivity index (χ4v) is 2.99. The van der Waals surface area contributed by atoms with E-state index in [1.807, 2.05) is 12.1 Å². The van der Waals surface area contributed by atoms with Gasteiger partial charge in [0.15, 0.2) is 0 Å². The van der Waals surface area contributed by atoms with E-state index >= 15 is 0 Å². The van der Waals surface area contributed by atoms with Gasteiger partial charge >= 0.3 is 0 Å². The first-order chi connectivity index (χ1) is 11.7. The zero-order valence-corrected chi connectivity index (χ0v) is 14.4. The Morgan fingerprint density at radius 1 is 1.04 bits per heavy atom. The molecule has 0 unspecified atom stereocenters. The number of aliphatic hydroxyl groups is 1. The van der Waals surface area contributed by atoms with E-state index < -0.39 is 0 Å². The molecule has 2 aromatic rings. The zero-order valence-electron chi connectivity index (χ0n) is 14.4.